The average molecular weight is 359 g/mol. The third-order valence-corrected chi connectivity index (χ3v) is 4.25. The van der Waals surface area contributed by atoms with Crippen LogP contribution < -0.4 is 16.3 Å². The van der Waals surface area contributed by atoms with E-state index in [1.54, 1.807) is 0 Å². The molecule has 1 saturated heterocycles. The number of rotatable bonds is 7. The molecule has 2 rings (SSSR count). The van der Waals surface area contributed by atoms with E-state index in [1.807, 2.05) is 6.07 Å². The first kappa shape index (κ1) is 17.2. The number of hydrogen-bond acceptors (Lipinski definition) is 8. The predicted octanol–water partition coefficient (Wildman–Crippen LogP) is -0.767. The van der Waals surface area contributed by atoms with E-state index < -0.39 is 38.2 Å². The van der Waals surface area contributed by atoms with Crippen molar-refractivity contribution >= 4 is 8.53 Å². The summed E-state index contributed by atoms with van der Waals surface area (Å²) < 4.78 is 19.7. The molecule has 0 spiro atoms. The van der Waals surface area contributed by atoms with Gasteiger partial charge >= 0.3 is 5.69 Å². The molecule has 4 N–H and O–H groups in total. The third-order valence-electron chi connectivity index (χ3n) is 3.36. The normalized spacial score (nSPS) is 28.3. The van der Waals surface area contributed by atoms with Crippen LogP contribution in [0.25, 0.3) is 0 Å². The molecule has 1 aliphatic heterocycles. The predicted molar refractivity (Wildman–Crippen MR) is 83.9 cm³/mol. The molecular formula is C13H19N4O6P. The summed E-state index contributed by atoms with van der Waals surface area (Å²) in [6, 6.07) is 1.90. The van der Waals surface area contributed by atoms with Crippen LogP contribution in [-0.2, 0) is 9.26 Å². The van der Waals surface area contributed by atoms with Crippen molar-refractivity contribution in [2.75, 3.05) is 13.2 Å². The minimum atomic E-state index is -2.03. The van der Waals surface area contributed by atoms with Gasteiger partial charge in [0.15, 0.2) is 0 Å². The van der Waals surface area contributed by atoms with Gasteiger partial charge in [0.1, 0.15) is 12.3 Å². The molecule has 0 aromatic carbocycles. The summed E-state index contributed by atoms with van der Waals surface area (Å²) in [6.07, 6.45) is -2.80. The Hall–Kier alpha value is -1.60. The Morgan fingerprint density at radius 3 is 3.17 bits per heavy atom. The van der Waals surface area contributed by atoms with Gasteiger partial charge in [0.05, 0.1) is 20.1 Å². The third kappa shape index (κ3) is 4.70. The number of H-pyrrole nitrogens is 1. The number of hydrogen-bond donors (Lipinski definition) is 4. The summed E-state index contributed by atoms with van der Waals surface area (Å²) in [6.45, 7) is 1.47. The SMILES string of the molecule is [2H][C@]1(O)C[C@H](n2cc(C)c(=O)[nH]c2=O)O[C@@H]1COP(O)NCCC#N. The summed E-state index contributed by atoms with van der Waals surface area (Å²) >= 11 is 0. The van der Waals surface area contributed by atoms with E-state index in [1.165, 1.54) is 13.1 Å². The molecular weight excluding hydrogens is 339 g/mol. The lowest BCUT2D eigenvalue weighted by Crippen LogP contribution is -2.33. The van der Waals surface area contributed by atoms with Crippen molar-refractivity contribution in [2.45, 2.75) is 38.2 Å². The van der Waals surface area contributed by atoms with Crippen molar-refractivity contribution in [3.05, 3.63) is 32.6 Å². The van der Waals surface area contributed by atoms with Gasteiger partial charge in [-0.1, -0.05) is 0 Å². The Morgan fingerprint density at radius 1 is 1.71 bits per heavy atom. The first-order chi connectivity index (χ1) is 11.7. The molecule has 24 heavy (non-hydrogen) atoms. The molecule has 1 fully saturated rings. The number of aliphatic hydroxyl groups is 1. The highest BCUT2D eigenvalue weighted by atomic mass is 31.2. The van der Waals surface area contributed by atoms with Crippen LogP contribution in [0.2, 0.25) is 0 Å². The number of aryl methyl sites for hydroxylation is 1. The van der Waals surface area contributed by atoms with Gasteiger partial charge in [-0.2, -0.15) is 5.26 Å². The fraction of sp³-hybridized carbons (Fsp3) is 0.615. The molecule has 11 heteroatoms. The van der Waals surface area contributed by atoms with Crippen molar-refractivity contribution in [1.82, 2.24) is 14.6 Å². The number of nitriles is 1. The second kappa shape index (κ2) is 8.48. The van der Waals surface area contributed by atoms with Crippen LogP contribution >= 0.6 is 8.53 Å². The fourth-order valence-electron chi connectivity index (χ4n) is 2.12. The van der Waals surface area contributed by atoms with E-state index in [0.717, 1.165) is 4.57 Å². The molecule has 1 unspecified atom stereocenters. The quantitative estimate of drug-likeness (QED) is 0.366. The molecule has 0 radical (unpaired) electrons. The highest BCUT2D eigenvalue weighted by Crippen LogP contribution is 2.32. The van der Waals surface area contributed by atoms with E-state index in [-0.39, 0.29) is 31.6 Å². The fourth-order valence-corrected chi connectivity index (χ4v) is 2.79. The van der Waals surface area contributed by atoms with Crippen molar-refractivity contribution < 1.29 is 20.6 Å². The Labute approximate surface area is 140 Å². The molecule has 0 aliphatic carbocycles. The molecule has 4 atom stereocenters. The second-order valence-electron chi connectivity index (χ2n) is 5.14. The first-order valence-corrected chi connectivity index (χ1v) is 8.38. The molecule has 1 aromatic rings. The zero-order chi connectivity index (χ0) is 18.6. The largest absolute Gasteiger partial charge is 0.390 e. The first-order valence-electron chi connectivity index (χ1n) is 7.67. The van der Waals surface area contributed by atoms with Gasteiger partial charge in [0, 0.05) is 31.1 Å². The molecule has 1 aromatic heterocycles. The summed E-state index contributed by atoms with van der Waals surface area (Å²) in [5, 5.41) is 21.2. The van der Waals surface area contributed by atoms with Crippen molar-refractivity contribution in [3.8, 4) is 6.07 Å². The summed E-state index contributed by atoms with van der Waals surface area (Å²) in [5.41, 5.74) is -0.938. The Morgan fingerprint density at radius 2 is 2.46 bits per heavy atom. The number of nitrogens with zero attached hydrogens (tertiary/aromatic N) is 2. The molecule has 0 amide bonds. The van der Waals surface area contributed by atoms with E-state index in [0.29, 0.717) is 0 Å². The van der Waals surface area contributed by atoms with Gasteiger partial charge < -0.3 is 19.3 Å². The zero-order valence-electron chi connectivity index (χ0n) is 13.9. The monoisotopic (exact) mass is 359 g/mol. The smallest absolute Gasteiger partial charge is 0.330 e. The van der Waals surface area contributed by atoms with Crippen LogP contribution in [0.5, 0.6) is 0 Å². The van der Waals surface area contributed by atoms with Crippen LogP contribution in [0.15, 0.2) is 15.8 Å². The molecule has 2 heterocycles. The highest BCUT2D eigenvalue weighted by molar-refractivity contribution is 7.43. The van der Waals surface area contributed by atoms with Crippen LogP contribution in [-0.4, -0.2) is 44.9 Å². The van der Waals surface area contributed by atoms with Gasteiger partial charge in [0.2, 0.25) is 0 Å². The molecule has 132 valence electrons. The van der Waals surface area contributed by atoms with Crippen LogP contribution in [0.3, 0.4) is 0 Å². The minimum absolute atomic E-state index is 0.196. The minimum Gasteiger partial charge on any atom is -0.390 e. The standard InChI is InChI=1S/C13H19N4O6P/c1-8-6-17(13(20)16-12(8)19)11-5-9(18)10(23-11)7-22-24(21)15-4-2-3-14/h6,9-11,15,18,21H,2,4-5,7H2,1H3,(H,16,19,20)/t9-,10+,11+,24?/m0/s1/i9D. The summed E-state index contributed by atoms with van der Waals surface area (Å²) in [5.74, 6) is 0. The van der Waals surface area contributed by atoms with Crippen molar-refractivity contribution in [2.24, 2.45) is 0 Å². The lowest BCUT2D eigenvalue weighted by atomic mass is 10.2. The van der Waals surface area contributed by atoms with E-state index in [2.05, 4.69) is 10.1 Å². The maximum Gasteiger partial charge on any atom is 0.330 e. The van der Waals surface area contributed by atoms with E-state index in [4.69, 9.17) is 15.9 Å². The summed E-state index contributed by atoms with van der Waals surface area (Å²) in [4.78, 5) is 35.1. The number of nitrogens with one attached hydrogen (secondary N) is 2. The Kier molecular flexibility index (Phi) is 6.09. The highest BCUT2D eigenvalue weighted by Gasteiger charge is 2.36. The molecule has 0 saturated carbocycles. The van der Waals surface area contributed by atoms with E-state index >= 15 is 0 Å². The number of ether oxygens (including phenoxy) is 1. The number of aromatic nitrogens is 2. The van der Waals surface area contributed by atoms with Gasteiger partial charge in [0.25, 0.3) is 14.1 Å². The molecule has 1 aliphatic rings. The van der Waals surface area contributed by atoms with Crippen LogP contribution in [0, 0.1) is 18.3 Å². The van der Waals surface area contributed by atoms with Gasteiger partial charge in [-0.25, -0.2) is 9.88 Å². The zero-order valence-corrected chi connectivity index (χ0v) is 13.8. The van der Waals surface area contributed by atoms with Crippen molar-refractivity contribution in [1.29, 1.82) is 5.26 Å². The molecule has 0 bridgehead atoms. The van der Waals surface area contributed by atoms with Crippen LogP contribution in [0.1, 0.15) is 26.0 Å². The lowest BCUT2D eigenvalue weighted by Gasteiger charge is -2.18. The second-order valence-corrected chi connectivity index (χ2v) is 6.26. The lowest BCUT2D eigenvalue weighted by molar-refractivity contribution is -0.0410. The van der Waals surface area contributed by atoms with Gasteiger partial charge in [-0.05, 0) is 6.92 Å². The Bertz CT molecular complexity index is 760. The van der Waals surface area contributed by atoms with Crippen LogP contribution in [0.4, 0.5) is 0 Å². The van der Waals surface area contributed by atoms with Gasteiger partial charge in [-0.15, -0.1) is 0 Å². The Balaban J connectivity index is 2.01. The summed E-state index contributed by atoms with van der Waals surface area (Å²) in [7, 11) is -2.03. The maximum absolute atomic E-state index is 11.9. The maximum atomic E-state index is 11.9. The van der Waals surface area contributed by atoms with Crippen molar-refractivity contribution in [3.63, 3.8) is 0 Å². The van der Waals surface area contributed by atoms with Gasteiger partial charge in [-0.3, -0.25) is 14.3 Å². The number of aromatic amines is 1. The average Bonchev–Trinajstić information content (AvgIpc) is 2.83. The molecule has 10 nitrogen and oxygen atoms in total. The van der Waals surface area contributed by atoms with E-state index in [9.17, 15) is 19.6 Å². The topological polar surface area (TPSA) is 150 Å².